The topological polar surface area (TPSA) is 123 Å². The molecule has 4 N–H and O–H groups in total. The number of benzene rings is 3. The van der Waals surface area contributed by atoms with Crippen LogP contribution >= 0.6 is 0 Å². The van der Waals surface area contributed by atoms with Gasteiger partial charge in [0, 0.05) is 29.1 Å². The number of nitrogens with zero attached hydrogens (tertiary/aromatic N) is 3. The summed E-state index contributed by atoms with van der Waals surface area (Å²) in [5.74, 6) is -0.986. The summed E-state index contributed by atoms with van der Waals surface area (Å²) in [7, 11) is 0. The zero-order chi connectivity index (χ0) is 30.6. The molecule has 3 aromatic carbocycles. The minimum absolute atomic E-state index is 0.0563. The Hall–Kier alpha value is -5.08. The molecule has 5 aromatic rings. The van der Waals surface area contributed by atoms with Crippen molar-refractivity contribution in [3.8, 4) is 28.3 Å². The maximum Gasteiger partial charge on any atom is 0.257 e. The summed E-state index contributed by atoms with van der Waals surface area (Å²) in [6, 6.07) is 27.0. The van der Waals surface area contributed by atoms with Crippen molar-refractivity contribution in [2.24, 2.45) is 5.73 Å². The number of hydrogen-bond acceptors (Lipinski definition) is 6. The third-order valence-corrected chi connectivity index (χ3v) is 7.28. The molecule has 0 aliphatic rings. The van der Waals surface area contributed by atoms with Crippen molar-refractivity contribution in [3.05, 3.63) is 126 Å². The molecule has 0 aliphatic heterocycles. The number of nitrogens with one attached hydrogen (secondary N) is 1. The smallest absolute Gasteiger partial charge is 0.257 e. The van der Waals surface area contributed by atoms with Crippen LogP contribution in [0.25, 0.3) is 22.5 Å². The first-order chi connectivity index (χ1) is 20.6. The molecule has 1 unspecified atom stereocenters. The van der Waals surface area contributed by atoms with Crippen molar-refractivity contribution in [1.29, 1.82) is 0 Å². The molecule has 218 valence electrons. The lowest BCUT2D eigenvalue weighted by Gasteiger charge is -2.19. The molecule has 43 heavy (non-hydrogen) atoms. The first-order valence-corrected chi connectivity index (χ1v) is 14.1. The number of carbonyl (C=O) groups is 2. The van der Waals surface area contributed by atoms with Gasteiger partial charge in [0.25, 0.3) is 5.91 Å². The molecular formula is C35H35N5O3. The van der Waals surface area contributed by atoms with Gasteiger partial charge < -0.3 is 10.8 Å². The van der Waals surface area contributed by atoms with Crippen molar-refractivity contribution >= 4 is 11.8 Å². The van der Waals surface area contributed by atoms with Gasteiger partial charge in [-0.2, -0.15) is 5.10 Å². The van der Waals surface area contributed by atoms with E-state index in [1.54, 1.807) is 42.7 Å². The predicted octanol–water partition coefficient (Wildman–Crippen LogP) is 5.49. The normalized spacial score (nSPS) is 12.1. The molecule has 5 rings (SSSR count). The molecule has 0 saturated heterocycles. The second-order valence-corrected chi connectivity index (χ2v) is 11.6. The van der Waals surface area contributed by atoms with Gasteiger partial charge in [-0.15, -0.1) is 0 Å². The van der Waals surface area contributed by atoms with Crippen molar-refractivity contribution in [2.75, 3.05) is 0 Å². The fourth-order valence-corrected chi connectivity index (χ4v) is 4.78. The molecule has 2 aromatic heterocycles. The molecule has 0 spiro atoms. The van der Waals surface area contributed by atoms with Crippen molar-refractivity contribution < 1.29 is 14.7 Å². The molecule has 1 atom stereocenters. The van der Waals surface area contributed by atoms with E-state index in [1.165, 1.54) is 17.7 Å². The van der Waals surface area contributed by atoms with Crippen LogP contribution in [0.5, 0.6) is 5.75 Å². The second kappa shape index (κ2) is 12.4. The Bertz CT molecular complexity index is 1720. The summed E-state index contributed by atoms with van der Waals surface area (Å²) in [5, 5.41) is 16.8. The number of pyridine rings is 1. The van der Waals surface area contributed by atoms with E-state index < -0.39 is 17.9 Å². The third kappa shape index (κ3) is 7.23. The van der Waals surface area contributed by atoms with Crippen LogP contribution in [0.2, 0.25) is 0 Å². The molecule has 0 saturated carbocycles. The van der Waals surface area contributed by atoms with Gasteiger partial charge in [0.1, 0.15) is 5.75 Å². The van der Waals surface area contributed by atoms with E-state index in [4.69, 9.17) is 10.8 Å². The van der Waals surface area contributed by atoms with Crippen molar-refractivity contribution in [2.45, 2.75) is 45.2 Å². The number of carbonyl (C=O) groups excluding carboxylic acids is 2. The standard InChI is InChI=1S/C35H35N5O3/c1-35(2,3)28-13-9-24(10-14-28)22-40-32(20-31(39-40)27-8-5-17-37-21-27)25-6-4-7-26(19-25)33(42)38-34(43)30(36)18-23-11-15-29(41)16-12-23/h4-17,19-21,30,41H,18,22,36H2,1-3H3,(H,38,42,43). The average Bonchev–Trinajstić information content (AvgIpc) is 3.42. The predicted molar refractivity (Wildman–Crippen MR) is 167 cm³/mol. The molecule has 8 nitrogen and oxygen atoms in total. The average molecular weight is 574 g/mol. The van der Waals surface area contributed by atoms with Gasteiger partial charge in [-0.05, 0) is 71.0 Å². The molecule has 8 heteroatoms. The highest BCUT2D eigenvalue weighted by Crippen LogP contribution is 2.28. The zero-order valence-corrected chi connectivity index (χ0v) is 24.5. The summed E-state index contributed by atoms with van der Waals surface area (Å²) in [4.78, 5) is 30.1. The number of rotatable bonds is 8. The van der Waals surface area contributed by atoms with E-state index >= 15 is 0 Å². The van der Waals surface area contributed by atoms with Gasteiger partial charge in [0.2, 0.25) is 5.91 Å². The largest absolute Gasteiger partial charge is 0.508 e. The molecule has 0 fully saturated rings. The van der Waals surface area contributed by atoms with Gasteiger partial charge in [-0.3, -0.25) is 24.6 Å². The molecule has 2 heterocycles. The number of nitrogens with two attached hydrogens (primary N) is 1. The Balaban J connectivity index is 1.39. The Kier molecular flexibility index (Phi) is 8.50. The highest BCUT2D eigenvalue weighted by atomic mass is 16.3. The minimum Gasteiger partial charge on any atom is -0.508 e. The molecule has 0 aliphatic carbocycles. The highest BCUT2D eigenvalue weighted by Gasteiger charge is 2.20. The SMILES string of the molecule is CC(C)(C)c1ccc(Cn2nc(-c3cccnc3)cc2-c2cccc(C(=O)NC(=O)C(N)Cc3ccc(O)cc3)c2)cc1. The fourth-order valence-electron chi connectivity index (χ4n) is 4.78. The summed E-state index contributed by atoms with van der Waals surface area (Å²) < 4.78 is 1.92. The first kappa shape index (κ1) is 29.4. The van der Waals surface area contributed by atoms with Gasteiger partial charge in [-0.25, -0.2) is 0 Å². The van der Waals surface area contributed by atoms with Crippen LogP contribution in [0.3, 0.4) is 0 Å². The summed E-state index contributed by atoms with van der Waals surface area (Å²) in [6.07, 6.45) is 3.72. The summed E-state index contributed by atoms with van der Waals surface area (Å²) in [6.45, 7) is 7.09. The fraction of sp³-hybridized carbons (Fsp3) is 0.200. The van der Waals surface area contributed by atoms with Crippen LogP contribution in [-0.4, -0.2) is 37.7 Å². The van der Waals surface area contributed by atoms with Crippen molar-refractivity contribution in [3.63, 3.8) is 0 Å². The minimum atomic E-state index is -0.926. The monoisotopic (exact) mass is 573 g/mol. The van der Waals surface area contributed by atoms with E-state index in [0.29, 0.717) is 12.1 Å². The molecular weight excluding hydrogens is 538 g/mol. The van der Waals surface area contributed by atoms with Gasteiger partial charge in [-0.1, -0.05) is 69.3 Å². The van der Waals surface area contributed by atoms with E-state index in [9.17, 15) is 14.7 Å². The van der Waals surface area contributed by atoms with Crippen LogP contribution in [-0.2, 0) is 23.2 Å². The van der Waals surface area contributed by atoms with Gasteiger partial charge >= 0.3 is 0 Å². The quantitative estimate of drug-likeness (QED) is 0.226. The Morgan fingerprint density at radius 3 is 2.28 bits per heavy atom. The number of imide groups is 1. The van der Waals surface area contributed by atoms with Crippen molar-refractivity contribution in [1.82, 2.24) is 20.1 Å². The van der Waals surface area contributed by atoms with Crippen LogP contribution in [0.4, 0.5) is 0 Å². The summed E-state index contributed by atoms with van der Waals surface area (Å²) >= 11 is 0. The Labute approximate surface area is 251 Å². The van der Waals surface area contributed by atoms with Crippen LogP contribution in [0, 0.1) is 0 Å². The molecule has 2 amide bonds. The number of hydrogen-bond donors (Lipinski definition) is 3. The number of phenols is 1. The van der Waals surface area contributed by atoms with Gasteiger partial charge in [0.15, 0.2) is 0 Å². The lowest BCUT2D eigenvalue weighted by atomic mass is 9.87. The maximum absolute atomic E-state index is 13.1. The van der Waals surface area contributed by atoms with Crippen LogP contribution in [0.15, 0.2) is 103 Å². The highest BCUT2D eigenvalue weighted by molar-refractivity contribution is 6.06. The molecule has 0 bridgehead atoms. The van der Waals surface area contributed by atoms with Gasteiger partial charge in [0.05, 0.1) is 24.0 Å². The lowest BCUT2D eigenvalue weighted by Crippen LogP contribution is -2.44. The first-order valence-electron chi connectivity index (χ1n) is 14.1. The van der Waals surface area contributed by atoms with Crippen LogP contribution < -0.4 is 11.1 Å². The maximum atomic E-state index is 13.1. The number of aromatic hydroxyl groups is 1. The number of phenolic OH excluding ortho intramolecular Hbond substituents is 1. The van der Waals surface area contributed by atoms with E-state index in [2.05, 4.69) is 55.3 Å². The van der Waals surface area contributed by atoms with E-state index in [-0.39, 0.29) is 17.6 Å². The Morgan fingerprint density at radius 2 is 1.60 bits per heavy atom. The third-order valence-electron chi connectivity index (χ3n) is 7.28. The second-order valence-electron chi connectivity index (χ2n) is 11.6. The van der Waals surface area contributed by atoms with E-state index in [0.717, 1.165) is 33.6 Å². The number of amides is 2. The lowest BCUT2D eigenvalue weighted by molar-refractivity contribution is -0.121. The van der Waals surface area contributed by atoms with E-state index in [1.807, 2.05) is 28.9 Å². The number of aromatic nitrogens is 3. The van der Waals surface area contributed by atoms with Crippen LogP contribution in [0.1, 0.15) is 47.8 Å². The summed E-state index contributed by atoms with van der Waals surface area (Å²) in [5.41, 5.74) is 12.8. The zero-order valence-electron chi connectivity index (χ0n) is 24.5. The Morgan fingerprint density at radius 1 is 0.907 bits per heavy atom. The molecule has 0 radical (unpaired) electrons.